The molecule has 0 spiro atoms. The number of nitrogens with zero attached hydrogens (tertiary/aromatic N) is 1. The molecule has 4 aromatic carbocycles. The molecule has 2 N–H and O–H groups in total. The van der Waals surface area contributed by atoms with E-state index in [2.05, 4.69) is 115 Å². The van der Waals surface area contributed by atoms with Gasteiger partial charge in [-0.2, -0.15) is 5.43 Å². The lowest BCUT2D eigenvalue weighted by molar-refractivity contribution is 0.347. The Kier molecular flexibility index (Phi) is 5.48. The number of hydrazine groups is 1. The van der Waals surface area contributed by atoms with E-state index in [4.69, 9.17) is 12.2 Å². The van der Waals surface area contributed by atoms with Crippen LogP contribution in [-0.4, -0.2) is 5.11 Å². The molecular weight excluding hydrogens is 410 g/mol. The van der Waals surface area contributed by atoms with Crippen LogP contribution in [0.1, 0.15) is 16.7 Å². The molecule has 0 saturated carbocycles. The number of aryl methyl sites for hydroxylation is 1. The van der Waals surface area contributed by atoms with E-state index in [1.54, 1.807) is 0 Å². The highest BCUT2D eigenvalue weighted by Gasteiger charge is 2.42. The van der Waals surface area contributed by atoms with Crippen LogP contribution < -0.4 is 15.8 Å². The fourth-order valence-corrected chi connectivity index (χ4v) is 4.51. The van der Waals surface area contributed by atoms with Crippen LogP contribution in [0.25, 0.3) is 11.1 Å². The Hall–Kier alpha value is -3.47. The highest BCUT2D eigenvalue weighted by atomic mass is 32.1. The number of benzene rings is 4. The van der Waals surface area contributed by atoms with Gasteiger partial charge in [0.1, 0.15) is 5.66 Å². The smallest absolute Gasteiger partial charge is 0.190 e. The lowest BCUT2D eigenvalue weighted by atomic mass is 9.91. The molecule has 158 valence electrons. The Labute approximate surface area is 194 Å². The summed E-state index contributed by atoms with van der Waals surface area (Å²) in [5.74, 6) is 0. The molecule has 1 fully saturated rings. The van der Waals surface area contributed by atoms with Crippen molar-refractivity contribution in [2.75, 3.05) is 5.01 Å². The van der Waals surface area contributed by atoms with Crippen molar-refractivity contribution in [2.24, 2.45) is 0 Å². The summed E-state index contributed by atoms with van der Waals surface area (Å²) in [7, 11) is 0. The van der Waals surface area contributed by atoms with Crippen molar-refractivity contribution in [3.63, 3.8) is 0 Å². The highest BCUT2D eigenvalue weighted by molar-refractivity contribution is 7.80. The van der Waals surface area contributed by atoms with Gasteiger partial charge in [-0.15, -0.1) is 0 Å². The van der Waals surface area contributed by atoms with Crippen molar-refractivity contribution in [3.8, 4) is 11.1 Å². The average molecular weight is 436 g/mol. The predicted octanol–water partition coefficient (Wildman–Crippen LogP) is 5.96. The van der Waals surface area contributed by atoms with Gasteiger partial charge in [-0.3, -0.25) is 0 Å². The van der Waals surface area contributed by atoms with Gasteiger partial charge < -0.3 is 5.32 Å². The van der Waals surface area contributed by atoms with E-state index < -0.39 is 5.66 Å². The van der Waals surface area contributed by atoms with Crippen molar-refractivity contribution in [1.29, 1.82) is 0 Å². The lowest BCUT2D eigenvalue weighted by Gasteiger charge is -2.31. The van der Waals surface area contributed by atoms with Crippen LogP contribution in [0.3, 0.4) is 0 Å². The Morgan fingerprint density at radius 1 is 0.719 bits per heavy atom. The van der Waals surface area contributed by atoms with Crippen LogP contribution >= 0.6 is 12.2 Å². The van der Waals surface area contributed by atoms with Crippen LogP contribution in [0.2, 0.25) is 0 Å². The molecule has 4 aromatic rings. The van der Waals surface area contributed by atoms with Crippen LogP contribution in [0.5, 0.6) is 0 Å². The van der Waals surface area contributed by atoms with Gasteiger partial charge in [0.15, 0.2) is 5.11 Å². The van der Waals surface area contributed by atoms with Crippen molar-refractivity contribution in [3.05, 3.63) is 126 Å². The fraction of sp³-hybridized carbons (Fsp3) is 0.107. The molecule has 1 aliphatic heterocycles. The molecule has 1 heterocycles. The average Bonchev–Trinajstić information content (AvgIpc) is 3.18. The standard InChI is InChI=1S/C28H25N3S/c1-21-12-18-26(19-13-21)31-27(32)29-28(30-31,20-22-8-4-2-5-9-22)25-16-14-24(15-17-25)23-10-6-3-7-11-23/h2-19,30H,20H2,1H3,(H,29,32)/t28-/m1/s1. The molecule has 1 saturated heterocycles. The van der Waals surface area contributed by atoms with Crippen LogP contribution in [0.15, 0.2) is 109 Å². The maximum Gasteiger partial charge on any atom is 0.190 e. The summed E-state index contributed by atoms with van der Waals surface area (Å²) >= 11 is 5.78. The van der Waals surface area contributed by atoms with Crippen molar-refractivity contribution >= 4 is 23.0 Å². The number of hydrogen-bond donors (Lipinski definition) is 2. The number of rotatable bonds is 5. The van der Waals surface area contributed by atoms with E-state index in [0.717, 1.165) is 17.7 Å². The van der Waals surface area contributed by atoms with Crippen molar-refractivity contribution in [1.82, 2.24) is 10.7 Å². The summed E-state index contributed by atoms with van der Waals surface area (Å²) in [4.78, 5) is 0. The van der Waals surface area contributed by atoms with Gasteiger partial charge in [0.05, 0.1) is 5.69 Å². The Morgan fingerprint density at radius 2 is 1.31 bits per heavy atom. The molecule has 3 nitrogen and oxygen atoms in total. The summed E-state index contributed by atoms with van der Waals surface area (Å²) in [5.41, 5.74) is 10.2. The van der Waals surface area contributed by atoms with E-state index in [0.29, 0.717) is 5.11 Å². The van der Waals surface area contributed by atoms with Gasteiger partial charge in [-0.1, -0.05) is 103 Å². The minimum Gasteiger partial charge on any atom is -0.338 e. The molecule has 32 heavy (non-hydrogen) atoms. The minimum absolute atomic E-state index is 0.543. The maximum absolute atomic E-state index is 5.78. The number of thiocarbonyl (C=S) groups is 1. The molecule has 0 aliphatic carbocycles. The van der Waals surface area contributed by atoms with E-state index in [9.17, 15) is 0 Å². The Bertz CT molecular complexity index is 1210. The molecule has 0 unspecified atom stereocenters. The van der Waals surface area contributed by atoms with Crippen molar-refractivity contribution in [2.45, 2.75) is 19.0 Å². The number of nitrogens with one attached hydrogen (secondary N) is 2. The number of hydrogen-bond acceptors (Lipinski definition) is 2. The highest BCUT2D eigenvalue weighted by Crippen LogP contribution is 2.32. The molecule has 1 atom stereocenters. The van der Waals surface area contributed by atoms with E-state index in [1.807, 2.05) is 17.1 Å². The molecule has 0 radical (unpaired) electrons. The normalized spacial score (nSPS) is 17.9. The van der Waals surface area contributed by atoms with Gasteiger partial charge in [0.25, 0.3) is 0 Å². The fourth-order valence-electron chi connectivity index (χ4n) is 4.19. The zero-order chi connectivity index (χ0) is 22.0. The molecular formula is C28H25N3S. The third-order valence-corrected chi connectivity index (χ3v) is 6.20. The second-order valence-corrected chi connectivity index (χ2v) is 8.61. The predicted molar refractivity (Wildman–Crippen MR) is 136 cm³/mol. The Balaban J connectivity index is 1.52. The summed E-state index contributed by atoms with van der Waals surface area (Å²) in [6.45, 7) is 2.09. The number of anilines is 1. The quantitative estimate of drug-likeness (QED) is 0.379. The molecule has 0 aromatic heterocycles. The van der Waals surface area contributed by atoms with Crippen LogP contribution in [0, 0.1) is 6.92 Å². The summed E-state index contributed by atoms with van der Waals surface area (Å²) in [5, 5.41) is 6.24. The minimum atomic E-state index is -0.543. The van der Waals surface area contributed by atoms with Gasteiger partial charge in [0.2, 0.25) is 0 Å². The lowest BCUT2D eigenvalue weighted by Crippen LogP contribution is -2.50. The van der Waals surface area contributed by atoms with E-state index in [-0.39, 0.29) is 0 Å². The van der Waals surface area contributed by atoms with Gasteiger partial charge in [0, 0.05) is 6.42 Å². The third kappa shape index (κ3) is 4.03. The molecule has 5 rings (SSSR count). The zero-order valence-electron chi connectivity index (χ0n) is 18.0. The first-order chi connectivity index (χ1) is 15.6. The first-order valence-corrected chi connectivity index (χ1v) is 11.2. The van der Waals surface area contributed by atoms with Gasteiger partial charge in [-0.25, -0.2) is 5.01 Å². The molecule has 1 aliphatic rings. The maximum atomic E-state index is 5.78. The third-order valence-electron chi connectivity index (χ3n) is 5.92. The second-order valence-electron chi connectivity index (χ2n) is 8.22. The topological polar surface area (TPSA) is 27.3 Å². The summed E-state index contributed by atoms with van der Waals surface area (Å²) < 4.78 is 0. The van der Waals surface area contributed by atoms with Gasteiger partial charge in [-0.05, 0) is 53.5 Å². The zero-order valence-corrected chi connectivity index (χ0v) is 18.8. The molecule has 0 amide bonds. The summed E-state index contributed by atoms with van der Waals surface area (Å²) in [6.07, 6.45) is 0.751. The first-order valence-electron chi connectivity index (χ1n) is 10.8. The van der Waals surface area contributed by atoms with Crippen LogP contribution in [0.4, 0.5) is 5.69 Å². The summed E-state index contributed by atoms with van der Waals surface area (Å²) in [6, 6.07) is 38.1. The van der Waals surface area contributed by atoms with E-state index in [1.165, 1.54) is 22.3 Å². The Morgan fingerprint density at radius 3 is 1.97 bits per heavy atom. The molecule has 4 heteroatoms. The van der Waals surface area contributed by atoms with Gasteiger partial charge >= 0.3 is 0 Å². The van der Waals surface area contributed by atoms with Crippen molar-refractivity contribution < 1.29 is 0 Å². The monoisotopic (exact) mass is 435 g/mol. The van der Waals surface area contributed by atoms with Crippen LogP contribution in [-0.2, 0) is 12.1 Å². The second kappa shape index (κ2) is 8.58. The molecule has 0 bridgehead atoms. The largest absolute Gasteiger partial charge is 0.338 e. The first kappa shape index (κ1) is 20.4. The van der Waals surface area contributed by atoms with E-state index >= 15 is 0 Å². The SMILES string of the molecule is Cc1ccc(N2N[C@](Cc3ccccc3)(c3ccc(-c4ccccc4)cc3)NC2=S)cc1.